The smallest absolute Gasteiger partial charge is 0.267 e. The van der Waals surface area contributed by atoms with Crippen molar-refractivity contribution in [2.24, 2.45) is 5.92 Å². The molecule has 88 valence electrons. The van der Waals surface area contributed by atoms with Crippen molar-refractivity contribution in [3.63, 3.8) is 0 Å². The third kappa shape index (κ3) is 2.82. The molecule has 0 radical (unpaired) electrons. The molecule has 0 amide bonds. The minimum Gasteiger partial charge on any atom is -0.369 e. The van der Waals surface area contributed by atoms with Crippen LogP contribution in [0.15, 0.2) is 15.6 Å². The van der Waals surface area contributed by atoms with Crippen molar-refractivity contribution < 1.29 is 0 Å². The Morgan fingerprint density at radius 3 is 3.25 bits per heavy atom. The Labute approximate surface area is 102 Å². The van der Waals surface area contributed by atoms with E-state index in [-0.39, 0.29) is 5.56 Å². The van der Waals surface area contributed by atoms with Crippen molar-refractivity contribution in [3.05, 3.63) is 21.2 Å². The van der Waals surface area contributed by atoms with Gasteiger partial charge in [0.15, 0.2) is 0 Å². The van der Waals surface area contributed by atoms with E-state index in [1.165, 1.54) is 12.7 Å². The lowest BCUT2D eigenvalue weighted by molar-refractivity contribution is 0.549. The van der Waals surface area contributed by atoms with Gasteiger partial charge in [0.05, 0.1) is 6.33 Å². The van der Waals surface area contributed by atoms with E-state index in [0.29, 0.717) is 10.3 Å². The molecule has 1 unspecified atom stereocenters. The first kappa shape index (κ1) is 11.6. The highest BCUT2D eigenvalue weighted by Crippen LogP contribution is 2.15. The van der Waals surface area contributed by atoms with E-state index >= 15 is 0 Å². The van der Waals surface area contributed by atoms with Gasteiger partial charge in [-0.25, -0.2) is 4.98 Å². The minimum atomic E-state index is -0.153. The summed E-state index contributed by atoms with van der Waals surface area (Å²) in [5.41, 5.74) is -0.153. The molecule has 1 aliphatic heterocycles. The Balaban J connectivity index is 1.84. The van der Waals surface area contributed by atoms with Crippen molar-refractivity contribution in [2.75, 3.05) is 25.0 Å². The molecular weight excluding hydrogens is 272 g/mol. The molecule has 1 aromatic heterocycles. The van der Waals surface area contributed by atoms with Gasteiger partial charge in [0.2, 0.25) is 0 Å². The van der Waals surface area contributed by atoms with Crippen LogP contribution >= 0.6 is 15.9 Å². The van der Waals surface area contributed by atoms with Gasteiger partial charge in [-0.3, -0.25) is 4.79 Å². The molecule has 16 heavy (non-hydrogen) atoms. The first-order valence-corrected chi connectivity index (χ1v) is 6.24. The average Bonchev–Trinajstić information content (AvgIpc) is 2.77. The van der Waals surface area contributed by atoms with Gasteiger partial charge in [-0.05, 0) is 47.8 Å². The highest BCUT2D eigenvalue weighted by atomic mass is 79.9. The van der Waals surface area contributed by atoms with Gasteiger partial charge in [-0.15, -0.1) is 0 Å². The second-order valence-corrected chi connectivity index (χ2v) is 4.76. The minimum absolute atomic E-state index is 0.153. The fourth-order valence-corrected chi connectivity index (χ4v) is 2.22. The van der Waals surface area contributed by atoms with Crippen LogP contribution < -0.4 is 16.2 Å². The molecule has 0 aromatic carbocycles. The van der Waals surface area contributed by atoms with E-state index in [0.717, 1.165) is 32.0 Å². The average molecular weight is 287 g/mol. The van der Waals surface area contributed by atoms with Crippen molar-refractivity contribution in [1.29, 1.82) is 0 Å². The predicted molar refractivity (Wildman–Crippen MR) is 66.6 cm³/mol. The van der Waals surface area contributed by atoms with Gasteiger partial charge in [0, 0.05) is 6.54 Å². The van der Waals surface area contributed by atoms with Crippen molar-refractivity contribution in [1.82, 2.24) is 15.3 Å². The number of nitrogens with one attached hydrogen (secondary N) is 3. The SMILES string of the molecule is O=c1[nH]cnc(NCCC2CCNC2)c1Br. The molecule has 5 nitrogen and oxygen atoms in total. The Morgan fingerprint density at radius 2 is 2.50 bits per heavy atom. The molecule has 0 bridgehead atoms. The summed E-state index contributed by atoms with van der Waals surface area (Å²) in [5.74, 6) is 1.36. The summed E-state index contributed by atoms with van der Waals surface area (Å²) in [4.78, 5) is 17.8. The lowest BCUT2D eigenvalue weighted by Crippen LogP contribution is -2.16. The van der Waals surface area contributed by atoms with Crippen LogP contribution in [0.2, 0.25) is 0 Å². The maximum absolute atomic E-state index is 11.3. The van der Waals surface area contributed by atoms with Crippen molar-refractivity contribution >= 4 is 21.7 Å². The van der Waals surface area contributed by atoms with E-state index < -0.39 is 0 Å². The first-order chi connectivity index (χ1) is 7.77. The fourth-order valence-electron chi connectivity index (χ4n) is 1.86. The van der Waals surface area contributed by atoms with Crippen LogP contribution in [0.4, 0.5) is 5.82 Å². The standard InChI is InChI=1S/C10H15BrN4O/c11-8-9(14-6-15-10(8)16)13-4-2-7-1-3-12-5-7/h6-7,12H,1-5H2,(H2,13,14,15,16). The molecule has 0 aliphatic carbocycles. The first-order valence-electron chi connectivity index (χ1n) is 5.45. The Kier molecular flexibility index (Phi) is 3.95. The van der Waals surface area contributed by atoms with Crippen LogP contribution in [-0.2, 0) is 0 Å². The summed E-state index contributed by atoms with van der Waals surface area (Å²) in [6.07, 6.45) is 3.76. The van der Waals surface area contributed by atoms with Gasteiger partial charge in [0.25, 0.3) is 5.56 Å². The summed E-state index contributed by atoms with van der Waals surface area (Å²) >= 11 is 3.21. The summed E-state index contributed by atoms with van der Waals surface area (Å²) in [6, 6.07) is 0. The van der Waals surface area contributed by atoms with Crippen molar-refractivity contribution in [2.45, 2.75) is 12.8 Å². The van der Waals surface area contributed by atoms with Gasteiger partial charge >= 0.3 is 0 Å². The van der Waals surface area contributed by atoms with Gasteiger partial charge in [-0.2, -0.15) is 0 Å². The third-order valence-corrected chi connectivity index (χ3v) is 3.54. The zero-order chi connectivity index (χ0) is 11.4. The molecular formula is C10H15BrN4O. The number of anilines is 1. The van der Waals surface area contributed by atoms with Gasteiger partial charge < -0.3 is 15.6 Å². The Morgan fingerprint density at radius 1 is 1.62 bits per heavy atom. The van der Waals surface area contributed by atoms with E-state index in [2.05, 4.69) is 36.5 Å². The highest BCUT2D eigenvalue weighted by molar-refractivity contribution is 9.10. The Hall–Kier alpha value is -0.880. The number of hydrogen-bond acceptors (Lipinski definition) is 4. The summed E-state index contributed by atoms with van der Waals surface area (Å²) < 4.78 is 0.472. The second kappa shape index (κ2) is 5.45. The Bertz CT molecular complexity index is 400. The van der Waals surface area contributed by atoms with Crippen LogP contribution in [0, 0.1) is 5.92 Å². The molecule has 0 spiro atoms. The molecule has 1 aromatic rings. The van der Waals surface area contributed by atoms with Gasteiger partial charge in [0.1, 0.15) is 10.3 Å². The van der Waals surface area contributed by atoms with Gasteiger partial charge in [-0.1, -0.05) is 0 Å². The maximum Gasteiger partial charge on any atom is 0.267 e. The fraction of sp³-hybridized carbons (Fsp3) is 0.600. The number of H-pyrrole nitrogens is 1. The normalized spacial score (nSPS) is 19.9. The lowest BCUT2D eigenvalue weighted by Gasteiger charge is -2.10. The number of nitrogens with zero attached hydrogens (tertiary/aromatic N) is 1. The summed E-state index contributed by atoms with van der Waals surface area (Å²) in [7, 11) is 0. The van der Waals surface area contributed by atoms with Crippen LogP contribution in [0.25, 0.3) is 0 Å². The third-order valence-electron chi connectivity index (χ3n) is 2.80. The van der Waals surface area contributed by atoms with E-state index in [9.17, 15) is 4.79 Å². The van der Waals surface area contributed by atoms with Crippen LogP contribution in [0.1, 0.15) is 12.8 Å². The van der Waals surface area contributed by atoms with Crippen LogP contribution in [-0.4, -0.2) is 29.6 Å². The predicted octanol–water partition coefficient (Wildman–Crippen LogP) is 0.944. The van der Waals surface area contributed by atoms with E-state index in [1.54, 1.807) is 0 Å². The molecule has 3 N–H and O–H groups in total. The number of hydrogen-bond donors (Lipinski definition) is 3. The maximum atomic E-state index is 11.3. The molecule has 1 saturated heterocycles. The number of rotatable bonds is 4. The van der Waals surface area contributed by atoms with Crippen LogP contribution in [0.3, 0.4) is 0 Å². The molecule has 6 heteroatoms. The van der Waals surface area contributed by atoms with Crippen LogP contribution in [0.5, 0.6) is 0 Å². The number of aromatic nitrogens is 2. The zero-order valence-electron chi connectivity index (χ0n) is 8.92. The summed E-state index contributed by atoms with van der Waals surface area (Å²) in [6.45, 7) is 3.07. The monoisotopic (exact) mass is 286 g/mol. The number of aromatic amines is 1. The molecule has 0 saturated carbocycles. The largest absolute Gasteiger partial charge is 0.369 e. The topological polar surface area (TPSA) is 69.8 Å². The molecule has 1 aliphatic rings. The summed E-state index contributed by atoms with van der Waals surface area (Å²) in [5, 5.41) is 6.51. The van der Waals surface area contributed by atoms with E-state index in [4.69, 9.17) is 0 Å². The molecule has 2 rings (SSSR count). The highest BCUT2D eigenvalue weighted by Gasteiger charge is 2.14. The number of halogens is 1. The van der Waals surface area contributed by atoms with Crippen molar-refractivity contribution in [3.8, 4) is 0 Å². The molecule has 1 fully saturated rings. The molecule has 1 atom stereocenters. The second-order valence-electron chi connectivity index (χ2n) is 3.97. The van der Waals surface area contributed by atoms with E-state index in [1.807, 2.05) is 0 Å². The lowest BCUT2D eigenvalue weighted by atomic mass is 10.1. The molecule has 2 heterocycles. The quantitative estimate of drug-likeness (QED) is 0.771. The zero-order valence-corrected chi connectivity index (χ0v) is 10.5.